The molecule has 0 unspecified atom stereocenters. The number of alkyl halides is 3. The van der Waals surface area contributed by atoms with E-state index in [4.69, 9.17) is 0 Å². The first-order valence-corrected chi connectivity index (χ1v) is 6.82. The summed E-state index contributed by atoms with van der Waals surface area (Å²) >= 11 is 3.10. The minimum Gasteiger partial charge on any atom is -0.274 e. The van der Waals surface area contributed by atoms with Crippen molar-refractivity contribution < 1.29 is 22.8 Å². The Morgan fingerprint density at radius 3 is 2.10 bits per heavy atom. The summed E-state index contributed by atoms with van der Waals surface area (Å²) in [6.45, 7) is 0. The van der Waals surface area contributed by atoms with Crippen LogP contribution in [-0.4, -0.2) is 11.8 Å². The van der Waals surface area contributed by atoms with Gasteiger partial charge in [0.2, 0.25) is 11.8 Å². The Balaban J connectivity index is 2.49. The molecule has 1 fully saturated rings. The van der Waals surface area contributed by atoms with Gasteiger partial charge in [-0.15, -0.1) is 0 Å². The summed E-state index contributed by atoms with van der Waals surface area (Å²) in [4.78, 5) is 24.7. The highest BCUT2D eigenvalue weighted by Crippen LogP contribution is 2.36. The van der Waals surface area contributed by atoms with Crippen LogP contribution < -0.4 is 4.90 Å². The van der Waals surface area contributed by atoms with Crippen LogP contribution in [0.25, 0.3) is 0 Å². The molecule has 1 saturated heterocycles. The van der Waals surface area contributed by atoms with Crippen LogP contribution >= 0.6 is 15.9 Å². The van der Waals surface area contributed by atoms with Gasteiger partial charge in [-0.05, 0) is 47.0 Å². The van der Waals surface area contributed by atoms with Gasteiger partial charge in [0.25, 0.3) is 0 Å². The zero-order chi connectivity index (χ0) is 14.9. The highest BCUT2D eigenvalue weighted by atomic mass is 79.9. The number of halogens is 4. The molecule has 0 N–H and O–H groups in total. The van der Waals surface area contributed by atoms with E-state index < -0.39 is 23.6 Å². The number of amides is 2. The van der Waals surface area contributed by atoms with Gasteiger partial charge in [-0.2, -0.15) is 13.2 Å². The first kappa shape index (κ1) is 15.0. The summed E-state index contributed by atoms with van der Waals surface area (Å²) in [7, 11) is 0. The lowest BCUT2D eigenvalue weighted by Gasteiger charge is -2.21. The fraction of sp³-hybridized carbons (Fsp3) is 0.385. The normalized spacial score (nSPS) is 17.3. The number of rotatable bonds is 1. The van der Waals surface area contributed by atoms with Crippen molar-refractivity contribution in [1.29, 1.82) is 0 Å². The standard InChI is InChI=1S/C13H11BrF3NO2/c14-9-6-5-8(13(15,16)17)7-10(9)18-11(19)3-1-2-4-12(18)20/h5-7H,1-4H2. The SMILES string of the molecule is O=C1CCCCC(=O)N1c1cc(C(F)(F)F)ccc1Br. The molecule has 7 heteroatoms. The van der Waals surface area contributed by atoms with Crippen LogP contribution in [0, 0.1) is 0 Å². The molecule has 1 aliphatic heterocycles. The molecule has 1 aromatic carbocycles. The average Bonchev–Trinajstić information content (AvgIpc) is 2.51. The Morgan fingerprint density at radius 1 is 1.05 bits per heavy atom. The molecule has 0 saturated carbocycles. The van der Waals surface area contributed by atoms with Crippen molar-refractivity contribution in [2.75, 3.05) is 4.90 Å². The molecule has 2 rings (SSSR count). The maximum absolute atomic E-state index is 12.7. The summed E-state index contributed by atoms with van der Waals surface area (Å²) in [6.07, 6.45) is -3.06. The van der Waals surface area contributed by atoms with Crippen molar-refractivity contribution in [3.05, 3.63) is 28.2 Å². The van der Waals surface area contributed by atoms with E-state index >= 15 is 0 Å². The van der Waals surface area contributed by atoms with E-state index in [1.165, 1.54) is 6.07 Å². The van der Waals surface area contributed by atoms with Gasteiger partial charge < -0.3 is 0 Å². The van der Waals surface area contributed by atoms with E-state index in [1.54, 1.807) is 0 Å². The molecular formula is C13H11BrF3NO2. The van der Waals surface area contributed by atoms with Crippen LogP contribution in [-0.2, 0) is 15.8 Å². The summed E-state index contributed by atoms with van der Waals surface area (Å²) in [5, 5.41) is 0. The van der Waals surface area contributed by atoms with E-state index in [0.717, 1.165) is 17.0 Å². The number of benzene rings is 1. The molecule has 1 heterocycles. The van der Waals surface area contributed by atoms with Crippen LogP contribution in [0.4, 0.5) is 18.9 Å². The van der Waals surface area contributed by atoms with Crippen molar-refractivity contribution in [1.82, 2.24) is 0 Å². The Hall–Kier alpha value is -1.37. The van der Waals surface area contributed by atoms with Gasteiger partial charge in [-0.25, -0.2) is 4.90 Å². The number of imide groups is 1. The van der Waals surface area contributed by atoms with Crippen LogP contribution in [0.2, 0.25) is 0 Å². The first-order chi connectivity index (χ1) is 9.30. The summed E-state index contributed by atoms with van der Waals surface area (Å²) in [5.74, 6) is -0.931. The second-order valence-corrected chi connectivity index (χ2v) is 5.35. The molecule has 0 aliphatic carbocycles. The molecule has 2 amide bonds. The first-order valence-electron chi connectivity index (χ1n) is 6.03. The molecule has 1 aromatic rings. The summed E-state index contributed by atoms with van der Waals surface area (Å²) in [5.41, 5.74) is -0.933. The summed E-state index contributed by atoms with van der Waals surface area (Å²) < 4.78 is 38.5. The molecular weight excluding hydrogens is 339 g/mol. The zero-order valence-corrected chi connectivity index (χ0v) is 11.9. The quantitative estimate of drug-likeness (QED) is 0.721. The van der Waals surface area contributed by atoms with Gasteiger partial charge in [0.1, 0.15) is 0 Å². The highest BCUT2D eigenvalue weighted by molar-refractivity contribution is 9.10. The van der Waals surface area contributed by atoms with Crippen LogP contribution in [0.3, 0.4) is 0 Å². The number of carbonyl (C=O) groups excluding carboxylic acids is 2. The monoisotopic (exact) mass is 349 g/mol. The fourth-order valence-corrected chi connectivity index (χ4v) is 2.47. The Morgan fingerprint density at radius 2 is 1.60 bits per heavy atom. The molecule has 0 radical (unpaired) electrons. The molecule has 3 nitrogen and oxygen atoms in total. The van der Waals surface area contributed by atoms with E-state index in [-0.39, 0.29) is 23.0 Å². The molecule has 0 atom stereocenters. The van der Waals surface area contributed by atoms with Crippen LogP contribution in [0.1, 0.15) is 31.2 Å². The van der Waals surface area contributed by atoms with E-state index in [9.17, 15) is 22.8 Å². The Bertz CT molecular complexity index is 539. The van der Waals surface area contributed by atoms with Gasteiger partial charge in [-0.1, -0.05) is 0 Å². The fourth-order valence-electron chi connectivity index (χ4n) is 2.04. The van der Waals surface area contributed by atoms with Crippen molar-refractivity contribution >= 4 is 33.4 Å². The molecule has 1 aliphatic rings. The Labute approximate surface area is 121 Å². The van der Waals surface area contributed by atoms with Gasteiger partial charge in [0, 0.05) is 17.3 Å². The third kappa shape index (κ3) is 3.03. The molecule has 20 heavy (non-hydrogen) atoms. The largest absolute Gasteiger partial charge is 0.416 e. The maximum Gasteiger partial charge on any atom is 0.416 e. The maximum atomic E-state index is 12.7. The molecule has 0 aromatic heterocycles. The number of carbonyl (C=O) groups is 2. The van der Waals surface area contributed by atoms with Gasteiger partial charge >= 0.3 is 6.18 Å². The Kier molecular flexibility index (Phi) is 4.17. The number of anilines is 1. The smallest absolute Gasteiger partial charge is 0.274 e. The predicted molar refractivity (Wildman–Crippen MR) is 70.1 cm³/mol. The number of hydrogen-bond acceptors (Lipinski definition) is 2. The zero-order valence-electron chi connectivity index (χ0n) is 10.3. The minimum atomic E-state index is -4.52. The molecule has 108 valence electrons. The molecule has 0 spiro atoms. The van der Waals surface area contributed by atoms with Gasteiger partial charge in [-0.3, -0.25) is 9.59 Å². The van der Waals surface area contributed by atoms with Crippen molar-refractivity contribution in [3.63, 3.8) is 0 Å². The second kappa shape index (κ2) is 5.55. The number of hydrogen-bond donors (Lipinski definition) is 0. The van der Waals surface area contributed by atoms with Crippen molar-refractivity contribution in [3.8, 4) is 0 Å². The van der Waals surface area contributed by atoms with Crippen molar-refractivity contribution in [2.24, 2.45) is 0 Å². The minimum absolute atomic E-state index is 0.0447. The predicted octanol–water partition coefficient (Wildman–Crippen LogP) is 3.90. The van der Waals surface area contributed by atoms with E-state index in [1.807, 2.05) is 0 Å². The lowest BCUT2D eigenvalue weighted by molar-refractivity contribution is -0.137. The average molecular weight is 350 g/mol. The van der Waals surface area contributed by atoms with Crippen LogP contribution in [0.5, 0.6) is 0 Å². The highest BCUT2D eigenvalue weighted by Gasteiger charge is 2.33. The summed E-state index contributed by atoms with van der Waals surface area (Å²) in [6, 6.07) is 2.93. The molecule has 0 bridgehead atoms. The third-order valence-electron chi connectivity index (χ3n) is 3.04. The van der Waals surface area contributed by atoms with Gasteiger partial charge in [0.15, 0.2) is 0 Å². The van der Waals surface area contributed by atoms with Crippen molar-refractivity contribution in [2.45, 2.75) is 31.9 Å². The lowest BCUT2D eigenvalue weighted by atomic mass is 10.1. The van der Waals surface area contributed by atoms with E-state index in [0.29, 0.717) is 12.8 Å². The third-order valence-corrected chi connectivity index (χ3v) is 3.72. The van der Waals surface area contributed by atoms with E-state index in [2.05, 4.69) is 15.9 Å². The van der Waals surface area contributed by atoms with Crippen LogP contribution in [0.15, 0.2) is 22.7 Å². The topological polar surface area (TPSA) is 37.4 Å². The lowest BCUT2D eigenvalue weighted by Crippen LogP contribution is -2.35. The second-order valence-electron chi connectivity index (χ2n) is 4.49. The van der Waals surface area contributed by atoms with Gasteiger partial charge in [0.05, 0.1) is 11.3 Å². The number of nitrogens with zero attached hydrogens (tertiary/aromatic N) is 1.